The molecule has 1 aromatic rings. The van der Waals surface area contributed by atoms with Crippen LogP contribution in [0.15, 0.2) is 27.6 Å². The Labute approximate surface area is 172 Å². The molecule has 1 heterocycles. The molecule has 0 radical (unpaired) electrons. The maximum Gasteiger partial charge on any atom is 0.316 e. The summed E-state index contributed by atoms with van der Waals surface area (Å²) in [6, 6.07) is 5.84. The van der Waals surface area contributed by atoms with Crippen molar-refractivity contribution in [1.29, 1.82) is 0 Å². The van der Waals surface area contributed by atoms with Gasteiger partial charge in [-0.1, -0.05) is 15.9 Å². The lowest BCUT2D eigenvalue weighted by atomic mass is 9.97. The number of amides is 1. The van der Waals surface area contributed by atoms with Gasteiger partial charge in [0.2, 0.25) is 0 Å². The summed E-state index contributed by atoms with van der Waals surface area (Å²) in [6.07, 6.45) is 1.16. The fourth-order valence-electron chi connectivity index (χ4n) is 2.81. The van der Waals surface area contributed by atoms with Gasteiger partial charge < -0.3 is 14.4 Å². The van der Waals surface area contributed by atoms with Gasteiger partial charge in [-0.2, -0.15) is 0 Å². The lowest BCUT2D eigenvalue weighted by Crippen LogP contribution is -2.42. The first-order chi connectivity index (χ1) is 12.9. The van der Waals surface area contributed by atoms with Crippen molar-refractivity contribution in [2.24, 2.45) is 5.92 Å². The minimum atomic E-state index is -0.419. The van der Waals surface area contributed by atoms with E-state index >= 15 is 0 Å². The number of likely N-dealkylation sites (tertiary alicyclic amines) is 1. The molecule has 8 heteroatoms. The highest BCUT2D eigenvalue weighted by molar-refractivity contribution is 9.10. The molecule has 1 aliphatic heterocycles. The first-order valence-electron chi connectivity index (χ1n) is 8.89. The molecule has 0 bridgehead atoms. The lowest BCUT2D eigenvalue weighted by Gasteiger charge is -2.30. The lowest BCUT2D eigenvalue weighted by molar-refractivity contribution is -0.153. The Bertz CT molecular complexity index is 689. The average Bonchev–Trinajstić information content (AvgIpc) is 2.65. The van der Waals surface area contributed by atoms with Crippen molar-refractivity contribution in [2.45, 2.75) is 31.6 Å². The van der Waals surface area contributed by atoms with Crippen LogP contribution in [0.4, 0.5) is 0 Å². The van der Waals surface area contributed by atoms with Crippen LogP contribution in [0.3, 0.4) is 0 Å². The van der Waals surface area contributed by atoms with Crippen molar-refractivity contribution < 1.29 is 23.9 Å². The van der Waals surface area contributed by atoms with E-state index in [1.54, 1.807) is 11.8 Å². The molecule has 0 spiro atoms. The fraction of sp³-hybridized carbons (Fsp3) is 0.526. The monoisotopic (exact) mass is 457 g/mol. The molecule has 0 atom stereocenters. The van der Waals surface area contributed by atoms with Gasteiger partial charge in [0.1, 0.15) is 0 Å². The molecule has 0 saturated carbocycles. The SMILES string of the molecule is CCOC(=O)C1CCN(C(=O)COC(=O)CSc2ccc(Br)cc2C)CC1. The van der Waals surface area contributed by atoms with Crippen LogP contribution in [0.1, 0.15) is 25.3 Å². The number of benzene rings is 1. The van der Waals surface area contributed by atoms with E-state index in [4.69, 9.17) is 9.47 Å². The summed E-state index contributed by atoms with van der Waals surface area (Å²) in [5, 5.41) is 0. The number of nitrogens with zero attached hydrogens (tertiary/aromatic N) is 1. The molecular formula is C19H24BrNO5S. The summed E-state index contributed by atoms with van der Waals surface area (Å²) in [7, 11) is 0. The minimum Gasteiger partial charge on any atom is -0.466 e. The van der Waals surface area contributed by atoms with E-state index in [-0.39, 0.29) is 30.2 Å². The van der Waals surface area contributed by atoms with E-state index in [0.717, 1.165) is 14.9 Å². The number of thioether (sulfide) groups is 1. The highest BCUT2D eigenvalue weighted by Crippen LogP contribution is 2.25. The third-order valence-electron chi connectivity index (χ3n) is 4.31. The molecule has 6 nitrogen and oxygen atoms in total. The predicted octanol–water partition coefficient (Wildman–Crippen LogP) is 3.19. The number of aryl methyl sites for hydroxylation is 1. The quantitative estimate of drug-likeness (QED) is 0.462. The molecule has 27 heavy (non-hydrogen) atoms. The van der Waals surface area contributed by atoms with Crippen LogP contribution in [0.25, 0.3) is 0 Å². The van der Waals surface area contributed by atoms with Gasteiger partial charge in [-0.3, -0.25) is 14.4 Å². The normalized spacial score (nSPS) is 14.7. The van der Waals surface area contributed by atoms with E-state index < -0.39 is 5.97 Å². The summed E-state index contributed by atoms with van der Waals surface area (Å²) in [5.41, 5.74) is 1.07. The molecule has 1 aliphatic rings. The van der Waals surface area contributed by atoms with Crippen molar-refractivity contribution in [3.8, 4) is 0 Å². The van der Waals surface area contributed by atoms with Crippen LogP contribution in [0.2, 0.25) is 0 Å². The van der Waals surface area contributed by atoms with Crippen molar-refractivity contribution in [3.63, 3.8) is 0 Å². The maximum atomic E-state index is 12.2. The first-order valence-corrected chi connectivity index (χ1v) is 10.7. The molecule has 0 unspecified atom stereocenters. The second-order valence-corrected chi connectivity index (χ2v) is 8.20. The van der Waals surface area contributed by atoms with Crippen molar-refractivity contribution in [3.05, 3.63) is 28.2 Å². The fourth-order valence-corrected chi connectivity index (χ4v) is 4.09. The Morgan fingerprint density at radius 2 is 1.93 bits per heavy atom. The van der Waals surface area contributed by atoms with Crippen LogP contribution in [-0.4, -0.2) is 54.8 Å². The van der Waals surface area contributed by atoms with Crippen LogP contribution in [0.5, 0.6) is 0 Å². The van der Waals surface area contributed by atoms with Gasteiger partial charge in [0.15, 0.2) is 6.61 Å². The Hall–Kier alpha value is -1.54. The van der Waals surface area contributed by atoms with E-state index in [1.165, 1.54) is 11.8 Å². The third-order valence-corrected chi connectivity index (χ3v) is 5.95. The van der Waals surface area contributed by atoms with Crippen molar-refractivity contribution in [1.82, 2.24) is 4.90 Å². The minimum absolute atomic E-state index is 0.151. The zero-order valence-electron chi connectivity index (χ0n) is 15.5. The smallest absolute Gasteiger partial charge is 0.316 e. The topological polar surface area (TPSA) is 72.9 Å². The maximum absolute atomic E-state index is 12.2. The van der Waals surface area contributed by atoms with Gasteiger partial charge in [-0.15, -0.1) is 11.8 Å². The molecule has 1 fully saturated rings. The van der Waals surface area contributed by atoms with Gasteiger partial charge in [-0.25, -0.2) is 0 Å². The molecule has 2 rings (SSSR count). The average molecular weight is 458 g/mol. The predicted molar refractivity (Wildman–Crippen MR) is 106 cm³/mol. The number of halogens is 1. The summed E-state index contributed by atoms with van der Waals surface area (Å²) < 4.78 is 11.1. The number of hydrogen-bond acceptors (Lipinski definition) is 6. The third kappa shape index (κ3) is 6.84. The number of ether oxygens (including phenoxy) is 2. The van der Waals surface area contributed by atoms with Gasteiger partial charge in [-0.05, 0) is 50.5 Å². The summed E-state index contributed by atoms with van der Waals surface area (Å²) in [5.74, 6) is -0.841. The molecular weight excluding hydrogens is 434 g/mol. The summed E-state index contributed by atoms with van der Waals surface area (Å²) >= 11 is 4.79. The molecule has 1 aromatic carbocycles. The molecule has 0 aliphatic carbocycles. The Morgan fingerprint density at radius 3 is 2.56 bits per heavy atom. The highest BCUT2D eigenvalue weighted by Gasteiger charge is 2.28. The standard InChI is InChI=1S/C19H24BrNO5S/c1-3-25-19(24)14-6-8-21(9-7-14)17(22)11-26-18(23)12-27-16-5-4-15(20)10-13(16)2/h4-5,10,14H,3,6-9,11-12H2,1-2H3. The number of hydrogen-bond donors (Lipinski definition) is 0. The number of carbonyl (C=O) groups excluding carboxylic acids is 3. The van der Waals surface area contributed by atoms with Gasteiger partial charge in [0, 0.05) is 22.5 Å². The zero-order valence-corrected chi connectivity index (χ0v) is 17.9. The second kappa shape index (κ2) is 10.7. The Morgan fingerprint density at radius 1 is 1.22 bits per heavy atom. The largest absolute Gasteiger partial charge is 0.466 e. The van der Waals surface area contributed by atoms with Crippen LogP contribution in [-0.2, 0) is 23.9 Å². The van der Waals surface area contributed by atoms with Crippen molar-refractivity contribution >= 4 is 45.5 Å². The first kappa shape index (κ1) is 21.8. The zero-order chi connectivity index (χ0) is 19.8. The van der Waals surface area contributed by atoms with E-state index in [2.05, 4.69) is 15.9 Å². The van der Waals surface area contributed by atoms with Crippen LogP contribution in [0, 0.1) is 12.8 Å². The highest BCUT2D eigenvalue weighted by atomic mass is 79.9. The van der Waals surface area contributed by atoms with E-state index in [9.17, 15) is 14.4 Å². The van der Waals surface area contributed by atoms with Crippen LogP contribution < -0.4 is 0 Å². The molecule has 1 amide bonds. The number of piperidine rings is 1. The Kier molecular flexibility index (Phi) is 8.63. The molecule has 1 saturated heterocycles. The Balaban J connectivity index is 1.69. The van der Waals surface area contributed by atoms with Crippen molar-refractivity contribution in [2.75, 3.05) is 32.1 Å². The van der Waals surface area contributed by atoms with E-state index in [0.29, 0.717) is 32.5 Å². The molecule has 0 N–H and O–H groups in total. The molecule has 0 aromatic heterocycles. The summed E-state index contributed by atoms with van der Waals surface area (Å²) in [6.45, 7) is 4.82. The number of esters is 2. The number of rotatable bonds is 7. The number of carbonyl (C=O) groups is 3. The van der Waals surface area contributed by atoms with Gasteiger partial charge in [0.05, 0.1) is 18.3 Å². The molecule has 148 valence electrons. The van der Waals surface area contributed by atoms with Crippen LogP contribution >= 0.6 is 27.7 Å². The van der Waals surface area contributed by atoms with Gasteiger partial charge in [0.25, 0.3) is 5.91 Å². The second-order valence-electron chi connectivity index (χ2n) is 6.27. The van der Waals surface area contributed by atoms with E-state index in [1.807, 2.05) is 25.1 Å². The summed E-state index contributed by atoms with van der Waals surface area (Å²) in [4.78, 5) is 38.5. The van der Waals surface area contributed by atoms with Gasteiger partial charge >= 0.3 is 11.9 Å².